The number of para-hydroxylation sites is 1. The van der Waals surface area contributed by atoms with Crippen LogP contribution in [0.25, 0.3) is 10.9 Å². The van der Waals surface area contributed by atoms with E-state index in [1.807, 2.05) is 37.1 Å². The second-order valence-electron chi connectivity index (χ2n) is 17.2. The van der Waals surface area contributed by atoms with Gasteiger partial charge in [-0.3, -0.25) is 19.4 Å². The highest BCUT2D eigenvalue weighted by Crippen LogP contribution is 2.68. The number of anilines is 1. The van der Waals surface area contributed by atoms with Gasteiger partial charge in [0.1, 0.15) is 11.2 Å². The zero-order valence-corrected chi connectivity index (χ0v) is 34.0. The van der Waals surface area contributed by atoms with Crippen molar-refractivity contribution in [3.05, 3.63) is 82.6 Å². The van der Waals surface area contributed by atoms with Gasteiger partial charge in [-0.15, -0.1) is 0 Å². The van der Waals surface area contributed by atoms with Gasteiger partial charge in [0.15, 0.2) is 6.10 Å². The van der Waals surface area contributed by atoms with E-state index < -0.39 is 45.9 Å². The summed E-state index contributed by atoms with van der Waals surface area (Å²) in [6, 6.07) is 11.2. The molecule has 12 heteroatoms. The van der Waals surface area contributed by atoms with Crippen molar-refractivity contribution in [2.75, 3.05) is 59.5 Å². The lowest BCUT2D eigenvalue weighted by Crippen LogP contribution is -2.81. The number of ether oxygens (including phenoxy) is 4. The number of H-pyrrole nitrogens is 1. The first-order valence-corrected chi connectivity index (χ1v) is 20.3. The molecular weight excluding hydrogens is 749 g/mol. The minimum absolute atomic E-state index is 0. The number of aromatic amines is 1. The van der Waals surface area contributed by atoms with Crippen LogP contribution in [0.5, 0.6) is 5.75 Å². The van der Waals surface area contributed by atoms with Crippen LogP contribution in [0.3, 0.4) is 0 Å². The van der Waals surface area contributed by atoms with E-state index in [2.05, 4.69) is 58.1 Å². The van der Waals surface area contributed by atoms with E-state index in [0.29, 0.717) is 50.2 Å². The van der Waals surface area contributed by atoms with Crippen molar-refractivity contribution >= 4 is 34.5 Å². The summed E-state index contributed by atoms with van der Waals surface area (Å²) >= 11 is 0. The van der Waals surface area contributed by atoms with E-state index >= 15 is 4.79 Å². The third-order valence-electron chi connectivity index (χ3n) is 14.8. The standard InChI is InChI=1S/C45H54N4O8.2CH4/c1-8-27-19-28-22-44(40(51)55-6,36-30(25-48(23-27)24-28)29-13-10-11-14-33(29)46-36)32-20-31-34(21-35(32)54-5)47(4)38-43(31)16-18-49-17-12-15-42(9-2,37(43)49)39(57-26(3)50)45(38,53)41(52)56-7;;/h10-15,19-21,28,37-39,46,53H,8-9,16-18,22-25H2,1-7H3;2*1H4/t28-,37-,38+,39+,42-,43+,44-,45-;;/m0../s1. The Hall–Kier alpha value is -4.65. The lowest BCUT2D eigenvalue weighted by atomic mass is 9.47. The third kappa shape index (κ3) is 5.40. The maximum absolute atomic E-state index is 15.2. The fraction of sp³-hybridized carbons (Fsp3) is 0.553. The summed E-state index contributed by atoms with van der Waals surface area (Å²) in [6.45, 7) is 9.19. The minimum atomic E-state index is -2.27. The number of likely N-dealkylation sites (N-methyl/N-ethyl adjacent to an activating group) is 1. The molecule has 2 fully saturated rings. The van der Waals surface area contributed by atoms with Gasteiger partial charge in [-0.25, -0.2) is 4.79 Å². The maximum Gasteiger partial charge on any atom is 0.344 e. The summed E-state index contributed by atoms with van der Waals surface area (Å²) in [7, 11) is 6.22. The number of fused-ring (bicyclic) bond motifs is 6. The molecule has 6 heterocycles. The molecule has 9 atom stereocenters. The Morgan fingerprint density at radius 1 is 0.983 bits per heavy atom. The predicted octanol–water partition coefficient (Wildman–Crippen LogP) is 6.03. The van der Waals surface area contributed by atoms with Gasteiger partial charge in [-0.1, -0.05) is 70.7 Å². The number of benzene rings is 2. The van der Waals surface area contributed by atoms with E-state index in [0.717, 1.165) is 52.9 Å². The van der Waals surface area contributed by atoms with E-state index in [4.69, 9.17) is 18.9 Å². The van der Waals surface area contributed by atoms with E-state index in [1.54, 1.807) is 7.11 Å². The number of hydrogen-bond donors (Lipinski definition) is 2. The Morgan fingerprint density at radius 3 is 2.41 bits per heavy atom. The van der Waals surface area contributed by atoms with Crippen LogP contribution in [0.15, 0.2) is 60.2 Å². The van der Waals surface area contributed by atoms with Gasteiger partial charge in [0.25, 0.3) is 0 Å². The summed E-state index contributed by atoms with van der Waals surface area (Å²) < 4.78 is 23.9. The molecular formula is C47H62N4O8. The molecule has 1 saturated carbocycles. The molecule has 3 aromatic rings. The van der Waals surface area contributed by atoms with E-state index in [9.17, 15) is 14.7 Å². The molecule has 0 radical (unpaired) electrons. The molecule has 1 aromatic heterocycles. The van der Waals surface area contributed by atoms with Crippen LogP contribution in [-0.2, 0) is 46.0 Å². The smallest absolute Gasteiger partial charge is 0.344 e. The Kier molecular flexibility index (Phi) is 10.7. The van der Waals surface area contributed by atoms with Crippen LogP contribution in [0, 0.1) is 11.3 Å². The fourth-order valence-corrected chi connectivity index (χ4v) is 12.8. The maximum atomic E-state index is 15.2. The van der Waals surface area contributed by atoms with Crippen molar-refractivity contribution in [2.24, 2.45) is 11.3 Å². The number of rotatable bonds is 7. The van der Waals surface area contributed by atoms with Gasteiger partial charge in [-0.2, -0.15) is 0 Å². The molecule has 1 saturated heterocycles. The SMILES string of the molecule is C.C.CCC1=C[C@@H]2CN(C1)Cc1c([nH]c3ccccc13)[C@@](C(=O)OC)(c1cc3c(cc1OC)N(C)[C@H]1[C@@](O)(C(=O)OC)[C@H](OC(C)=O)[C@@]4(CC)C=CCN5CC[C@]31[C@@H]54)C2. The van der Waals surface area contributed by atoms with Crippen molar-refractivity contribution in [3.8, 4) is 5.75 Å². The first-order chi connectivity index (χ1) is 27.4. The summed E-state index contributed by atoms with van der Waals surface area (Å²) in [5, 5.41) is 14.4. The number of aromatic nitrogens is 1. The zero-order chi connectivity index (χ0) is 40.2. The predicted molar refractivity (Wildman–Crippen MR) is 228 cm³/mol. The second kappa shape index (κ2) is 14.8. The van der Waals surface area contributed by atoms with Crippen LogP contribution in [-0.4, -0.2) is 116 Å². The number of nitrogens with zero attached hydrogens (tertiary/aromatic N) is 3. The summed E-state index contributed by atoms with van der Waals surface area (Å²) in [5.74, 6) is -1.31. The molecule has 12 nitrogen and oxygen atoms in total. The van der Waals surface area contributed by atoms with Crippen molar-refractivity contribution in [1.29, 1.82) is 0 Å². The minimum Gasteiger partial charge on any atom is -0.496 e. The molecule has 9 rings (SSSR count). The van der Waals surface area contributed by atoms with Gasteiger partial charge in [0.05, 0.1) is 27.4 Å². The van der Waals surface area contributed by atoms with Crippen molar-refractivity contribution in [3.63, 3.8) is 0 Å². The van der Waals surface area contributed by atoms with Crippen LogP contribution >= 0.6 is 0 Å². The molecule has 5 aliphatic heterocycles. The van der Waals surface area contributed by atoms with E-state index in [1.165, 1.54) is 26.7 Å². The average Bonchev–Trinajstić information content (AvgIpc) is 3.87. The second-order valence-corrected chi connectivity index (χ2v) is 17.2. The third-order valence-corrected chi connectivity index (χ3v) is 14.8. The molecule has 2 bridgehead atoms. The number of carbonyl (C=O) groups is 3. The van der Waals surface area contributed by atoms with Crippen molar-refractivity contribution in [2.45, 2.75) is 102 Å². The van der Waals surface area contributed by atoms with Gasteiger partial charge < -0.3 is 33.9 Å². The number of carbonyl (C=O) groups excluding carboxylic acids is 3. The lowest BCUT2D eigenvalue weighted by molar-refractivity contribution is -0.228. The lowest BCUT2D eigenvalue weighted by Gasteiger charge is -2.63. The number of nitrogens with one attached hydrogen (secondary N) is 1. The highest BCUT2D eigenvalue weighted by molar-refractivity contribution is 5.95. The van der Waals surface area contributed by atoms with Crippen molar-refractivity contribution < 1.29 is 38.4 Å². The Bertz CT molecular complexity index is 2250. The first-order valence-electron chi connectivity index (χ1n) is 20.3. The molecule has 2 N–H and O–H groups in total. The number of methoxy groups -OCH3 is 3. The van der Waals surface area contributed by atoms with Gasteiger partial charge in [0.2, 0.25) is 5.60 Å². The average molecular weight is 811 g/mol. The van der Waals surface area contributed by atoms with E-state index in [-0.39, 0.29) is 32.8 Å². The monoisotopic (exact) mass is 810 g/mol. The number of aliphatic hydroxyl groups is 1. The molecule has 2 aromatic carbocycles. The summed E-state index contributed by atoms with van der Waals surface area (Å²) in [6.07, 6.45) is 7.67. The molecule has 1 spiro atoms. The molecule has 59 heavy (non-hydrogen) atoms. The Morgan fingerprint density at radius 2 is 1.73 bits per heavy atom. The number of esters is 3. The topological polar surface area (TPSA) is 134 Å². The highest BCUT2D eigenvalue weighted by atomic mass is 16.6. The normalized spacial score (nSPS) is 33.7. The summed E-state index contributed by atoms with van der Waals surface area (Å²) in [4.78, 5) is 53.1. The first kappa shape index (κ1) is 42.5. The fourth-order valence-electron chi connectivity index (χ4n) is 12.8. The molecule has 318 valence electrons. The largest absolute Gasteiger partial charge is 0.496 e. The van der Waals surface area contributed by atoms with Gasteiger partial charge >= 0.3 is 17.9 Å². The Labute approximate surface area is 348 Å². The zero-order valence-electron chi connectivity index (χ0n) is 34.0. The van der Waals surface area contributed by atoms with Crippen molar-refractivity contribution in [1.82, 2.24) is 14.8 Å². The highest BCUT2D eigenvalue weighted by Gasteiger charge is 2.80. The molecule has 0 amide bonds. The van der Waals surface area contributed by atoms with Crippen LogP contribution in [0.4, 0.5) is 5.69 Å². The quantitative estimate of drug-likeness (QED) is 0.165. The molecule has 1 aliphatic carbocycles. The van der Waals surface area contributed by atoms with Crippen LogP contribution in [0.2, 0.25) is 0 Å². The number of hydrogen-bond acceptors (Lipinski definition) is 11. The molecule has 6 aliphatic rings. The van der Waals surface area contributed by atoms with Crippen LogP contribution < -0.4 is 9.64 Å². The van der Waals surface area contributed by atoms with Crippen LogP contribution in [0.1, 0.15) is 83.7 Å². The van der Waals surface area contributed by atoms with Gasteiger partial charge in [0, 0.05) is 90.9 Å². The Balaban J connectivity index is 0.00000264. The van der Waals surface area contributed by atoms with Gasteiger partial charge in [-0.05, 0) is 61.4 Å². The molecule has 1 unspecified atom stereocenters. The summed E-state index contributed by atoms with van der Waals surface area (Å²) in [5.41, 5.74) is 1.05.